The first kappa shape index (κ1) is 20.9. The predicted octanol–water partition coefficient (Wildman–Crippen LogP) is 3.80. The Hall–Kier alpha value is -2.85. The number of carbonyl (C=O) groups is 1. The Labute approximate surface area is 177 Å². The van der Waals surface area contributed by atoms with Gasteiger partial charge in [0.1, 0.15) is 11.5 Å². The maximum absolute atomic E-state index is 12.1. The van der Waals surface area contributed by atoms with Gasteiger partial charge >= 0.3 is 0 Å². The molecule has 0 saturated heterocycles. The van der Waals surface area contributed by atoms with E-state index in [1.807, 2.05) is 35.8 Å². The third-order valence-corrected chi connectivity index (χ3v) is 5.46. The number of aromatic nitrogens is 4. The lowest BCUT2D eigenvalue weighted by atomic mass is 10.3. The van der Waals surface area contributed by atoms with Crippen molar-refractivity contribution in [1.82, 2.24) is 19.7 Å². The smallest absolute Gasteiger partial charge is 0.236 e. The summed E-state index contributed by atoms with van der Waals surface area (Å²) in [5.41, 5.74) is 0. The zero-order valence-corrected chi connectivity index (χ0v) is 17.7. The molecule has 2 aromatic heterocycles. The van der Waals surface area contributed by atoms with E-state index in [0.29, 0.717) is 28.4 Å². The van der Waals surface area contributed by atoms with Crippen LogP contribution >= 0.6 is 23.1 Å². The van der Waals surface area contributed by atoms with Crippen LogP contribution in [-0.2, 0) is 11.3 Å². The molecule has 10 heteroatoms. The number of carbonyl (C=O) groups excluding carboxylic acids is 1. The van der Waals surface area contributed by atoms with Crippen LogP contribution in [-0.4, -0.2) is 38.5 Å². The average molecular weight is 432 g/mol. The van der Waals surface area contributed by atoms with E-state index in [9.17, 15) is 4.79 Å². The van der Waals surface area contributed by atoms with Crippen molar-refractivity contribution in [1.29, 1.82) is 0 Å². The molecule has 29 heavy (non-hydrogen) atoms. The summed E-state index contributed by atoms with van der Waals surface area (Å²) in [7, 11) is 1.62. The molecule has 152 valence electrons. The molecule has 1 unspecified atom stereocenters. The number of nitrogens with one attached hydrogen (secondary N) is 1. The molecule has 0 aliphatic heterocycles. The van der Waals surface area contributed by atoms with Gasteiger partial charge < -0.3 is 14.8 Å². The third-order valence-electron chi connectivity index (χ3n) is 3.80. The van der Waals surface area contributed by atoms with E-state index in [2.05, 4.69) is 27.1 Å². The van der Waals surface area contributed by atoms with Gasteiger partial charge in [0.15, 0.2) is 22.2 Å². The maximum Gasteiger partial charge on any atom is 0.236 e. The van der Waals surface area contributed by atoms with Crippen LogP contribution in [0.15, 0.2) is 53.7 Å². The number of rotatable bonds is 10. The van der Waals surface area contributed by atoms with Gasteiger partial charge in [-0.15, -0.1) is 28.1 Å². The Morgan fingerprint density at radius 3 is 2.76 bits per heavy atom. The summed E-state index contributed by atoms with van der Waals surface area (Å²) in [5, 5.41) is 14.3. The number of anilines is 1. The molecular weight excluding hydrogens is 410 g/mol. The van der Waals surface area contributed by atoms with E-state index < -0.39 is 0 Å². The molecule has 1 atom stereocenters. The maximum atomic E-state index is 12.1. The van der Waals surface area contributed by atoms with Crippen LogP contribution in [0.1, 0.15) is 18.9 Å². The Balaban J connectivity index is 1.66. The van der Waals surface area contributed by atoms with Crippen LogP contribution in [0, 0.1) is 0 Å². The van der Waals surface area contributed by atoms with E-state index in [1.165, 1.54) is 23.1 Å². The highest BCUT2D eigenvalue weighted by Crippen LogP contribution is 2.26. The van der Waals surface area contributed by atoms with Gasteiger partial charge in [0.2, 0.25) is 5.91 Å². The summed E-state index contributed by atoms with van der Waals surface area (Å²) in [4.78, 5) is 16.2. The number of ether oxygens (including phenoxy) is 2. The monoisotopic (exact) mass is 431 g/mol. The number of hydrogen-bond donors (Lipinski definition) is 1. The molecule has 1 N–H and O–H groups in total. The van der Waals surface area contributed by atoms with E-state index >= 15 is 0 Å². The first-order chi connectivity index (χ1) is 14.1. The number of thioether (sulfide) groups is 1. The fourth-order valence-corrected chi connectivity index (χ4v) is 3.79. The summed E-state index contributed by atoms with van der Waals surface area (Å²) in [6.45, 7) is 6.21. The molecule has 8 nitrogen and oxygen atoms in total. The van der Waals surface area contributed by atoms with Gasteiger partial charge in [-0.3, -0.25) is 9.36 Å². The summed E-state index contributed by atoms with van der Waals surface area (Å²) in [6.07, 6.45) is 3.06. The fourth-order valence-electron chi connectivity index (χ4n) is 2.49. The highest BCUT2D eigenvalue weighted by Gasteiger charge is 2.20. The van der Waals surface area contributed by atoms with Crippen LogP contribution in [0.2, 0.25) is 0 Å². The lowest BCUT2D eigenvalue weighted by Gasteiger charge is -2.16. The van der Waals surface area contributed by atoms with Crippen molar-refractivity contribution in [2.45, 2.75) is 24.7 Å². The summed E-state index contributed by atoms with van der Waals surface area (Å²) >= 11 is 2.67. The normalized spacial score (nSPS) is 11.7. The molecule has 0 radical (unpaired) electrons. The Morgan fingerprint density at radius 2 is 2.10 bits per heavy atom. The third kappa shape index (κ3) is 5.58. The minimum absolute atomic E-state index is 0.151. The molecule has 1 amide bonds. The molecule has 0 bridgehead atoms. The van der Waals surface area contributed by atoms with E-state index in [1.54, 1.807) is 24.8 Å². The summed E-state index contributed by atoms with van der Waals surface area (Å²) in [5.74, 6) is 2.16. The van der Waals surface area contributed by atoms with Crippen molar-refractivity contribution in [2.24, 2.45) is 0 Å². The molecule has 3 rings (SSSR count). The second-order valence-electron chi connectivity index (χ2n) is 5.85. The lowest BCUT2D eigenvalue weighted by molar-refractivity contribution is -0.113. The topological polar surface area (TPSA) is 91.2 Å². The number of allylic oxidation sites excluding steroid dienone is 1. The van der Waals surface area contributed by atoms with Gasteiger partial charge in [-0.05, 0) is 31.2 Å². The van der Waals surface area contributed by atoms with E-state index in [4.69, 9.17) is 9.47 Å². The van der Waals surface area contributed by atoms with Gasteiger partial charge in [0.25, 0.3) is 0 Å². The van der Waals surface area contributed by atoms with Gasteiger partial charge in [-0.2, -0.15) is 0 Å². The molecular formula is C19H21N5O3S2. The number of benzene rings is 1. The Bertz CT molecular complexity index is 941. The van der Waals surface area contributed by atoms with Crippen molar-refractivity contribution in [3.05, 3.63) is 54.3 Å². The molecule has 0 spiro atoms. The van der Waals surface area contributed by atoms with Gasteiger partial charge in [0.05, 0.1) is 12.9 Å². The summed E-state index contributed by atoms with van der Waals surface area (Å²) in [6, 6.07) is 7.34. The first-order valence-electron chi connectivity index (χ1n) is 8.77. The SMILES string of the molecule is C=CCn1c(SCC(=O)Nc2nccs2)nnc1C(C)Oc1ccc(OC)cc1. The van der Waals surface area contributed by atoms with Gasteiger partial charge in [-0.1, -0.05) is 17.8 Å². The Kier molecular flexibility index (Phi) is 7.25. The largest absolute Gasteiger partial charge is 0.497 e. The Morgan fingerprint density at radius 1 is 1.34 bits per heavy atom. The minimum Gasteiger partial charge on any atom is -0.497 e. The summed E-state index contributed by atoms with van der Waals surface area (Å²) < 4.78 is 13.0. The van der Waals surface area contributed by atoms with Crippen LogP contribution in [0.4, 0.5) is 5.13 Å². The van der Waals surface area contributed by atoms with Crippen molar-refractivity contribution in [3.63, 3.8) is 0 Å². The molecule has 0 fully saturated rings. The highest BCUT2D eigenvalue weighted by molar-refractivity contribution is 7.99. The average Bonchev–Trinajstić information content (AvgIpc) is 3.37. The van der Waals surface area contributed by atoms with Crippen molar-refractivity contribution in [3.8, 4) is 11.5 Å². The quantitative estimate of drug-likeness (QED) is 0.386. The molecule has 0 aliphatic rings. The molecule has 1 aromatic carbocycles. The number of thiazole rings is 1. The van der Waals surface area contributed by atoms with Crippen molar-refractivity contribution >= 4 is 34.1 Å². The highest BCUT2D eigenvalue weighted by atomic mass is 32.2. The van der Waals surface area contributed by atoms with E-state index in [0.717, 1.165) is 5.75 Å². The molecule has 0 aliphatic carbocycles. The zero-order valence-electron chi connectivity index (χ0n) is 16.1. The molecule has 2 heterocycles. The van der Waals surface area contributed by atoms with Crippen molar-refractivity contribution in [2.75, 3.05) is 18.2 Å². The lowest BCUT2D eigenvalue weighted by Crippen LogP contribution is -2.15. The van der Waals surface area contributed by atoms with Crippen molar-refractivity contribution < 1.29 is 14.3 Å². The predicted molar refractivity (Wildman–Crippen MR) is 114 cm³/mol. The number of methoxy groups -OCH3 is 1. The molecule has 0 saturated carbocycles. The second kappa shape index (κ2) is 10.1. The van der Waals surface area contributed by atoms with Crippen LogP contribution < -0.4 is 14.8 Å². The number of amides is 1. The zero-order chi connectivity index (χ0) is 20.6. The van der Waals surface area contributed by atoms with Gasteiger partial charge in [-0.25, -0.2) is 4.98 Å². The van der Waals surface area contributed by atoms with Crippen LogP contribution in [0.5, 0.6) is 11.5 Å². The van der Waals surface area contributed by atoms with Crippen LogP contribution in [0.3, 0.4) is 0 Å². The second-order valence-corrected chi connectivity index (χ2v) is 7.69. The van der Waals surface area contributed by atoms with Crippen LogP contribution in [0.25, 0.3) is 0 Å². The fraction of sp³-hybridized carbons (Fsp3) is 0.263. The molecule has 3 aromatic rings. The van der Waals surface area contributed by atoms with E-state index in [-0.39, 0.29) is 17.8 Å². The van der Waals surface area contributed by atoms with Gasteiger partial charge in [0, 0.05) is 18.1 Å². The first-order valence-corrected chi connectivity index (χ1v) is 10.6. The minimum atomic E-state index is -0.339. The number of hydrogen-bond acceptors (Lipinski definition) is 8. The number of nitrogens with zero attached hydrogens (tertiary/aromatic N) is 4. The standard InChI is InChI=1S/C19H21N5O3S2/c1-4-10-24-17(13(2)27-15-7-5-14(26-3)6-8-15)22-23-19(24)29-12-16(25)21-18-20-9-11-28-18/h4-9,11,13H,1,10,12H2,2-3H3,(H,20,21,25).